The van der Waals surface area contributed by atoms with Gasteiger partial charge in [0.25, 0.3) is 0 Å². The Morgan fingerprint density at radius 1 is 1.29 bits per heavy atom. The summed E-state index contributed by atoms with van der Waals surface area (Å²) >= 11 is 0. The summed E-state index contributed by atoms with van der Waals surface area (Å²) < 4.78 is 0. The molecule has 0 aliphatic carbocycles. The Labute approximate surface area is 84.5 Å². The van der Waals surface area contributed by atoms with E-state index < -0.39 is 0 Å². The van der Waals surface area contributed by atoms with Crippen LogP contribution >= 0.6 is 0 Å². The van der Waals surface area contributed by atoms with Crippen LogP contribution in [0.4, 0.5) is 0 Å². The molecule has 0 heterocycles. The summed E-state index contributed by atoms with van der Waals surface area (Å²) in [5.74, 6) is 5.25. The zero-order valence-corrected chi connectivity index (χ0v) is 8.66. The largest absolute Gasteiger partial charge is 0.284 e. The third-order valence-corrected chi connectivity index (χ3v) is 2.18. The van der Waals surface area contributed by atoms with Crippen LogP contribution in [0.15, 0.2) is 24.3 Å². The maximum Gasteiger partial charge on any atom is 0.240 e. The molecule has 2 N–H and O–H groups in total. The van der Waals surface area contributed by atoms with E-state index in [1.165, 1.54) is 5.56 Å². The first-order valence-corrected chi connectivity index (χ1v) is 4.72. The molecule has 0 radical (unpaired) electrons. The average molecular weight is 192 g/mol. The summed E-state index contributed by atoms with van der Waals surface area (Å²) in [6.07, 6.45) is 1.39. The molecule has 0 fully saturated rings. The number of carbonyl (C=O) groups is 1. The number of aryl methyl sites for hydroxylation is 1. The second-order valence-corrected chi connectivity index (χ2v) is 3.35. The molecular weight excluding hydrogens is 176 g/mol. The number of hydrogen-bond donors (Lipinski definition) is 1. The van der Waals surface area contributed by atoms with Crippen molar-refractivity contribution < 1.29 is 4.79 Å². The van der Waals surface area contributed by atoms with Gasteiger partial charge in [-0.05, 0) is 17.5 Å². The fourth-order valence-corrected chi connectivity index (χ4v) is 1.19. The van der Waals surface area contributed by atoms with Crippen molar-refractivity contribution in [2.45, 2.75) is 19.8 Å². The second-order valence-electron chi connectivity index (χ2n) is 3.35. The van der Waals surface area contributed by atoms with Gasteiger partial charge < -0.3 is 0 Å². The fraction of sp³-hybridized carbons (Fsp3) is 0.364. The fourth-order valence-electron chi connectivity index (χ4n) is 1.19. The molecule has 0 aliphatic heterocycles. The SMILES string of the molecule is CCc1ccc(CC(=O)N(C)N)cc1. The van der Waals surface area contributed by atoms with Crippen molar-refractivity contribution >= 4 is 5.91 Å². The molecule has 0 bridgehead atoms. The van der Waals surface area contributed by atoms with E-state index >= 15 is 0 Å². The molecule has 0 aliphatic rings. The quantitative estimate of drug-likeness (QED) is 0.443. The number of nitrogens with two attached hydrogens (primary N) is 1. The zero-order chi connectivity index (χ0) is 10.6. The lowest BCUT2D eigenvalue weighted by Crippen LogP contribution is -2.34. The van der Waals surface area contributed by atoms with E-state index in [1.54, 1.807) is 7.05 Å². The van der Waals surface area contributed by atoms with E-state index in [4.69, 9.17) is 5.84 Å². The predicted molar refractivity (Wildman–Crippen MR) is 56.5 cm³/mol. The van der Waals surface area contributed by atoms with E-state index in [2.05, 4.69) is 6.92 Å². The highest BCUT2D eigenvalue weighted by Crippen LogP contribution is 2.06. The molecule has 14 heavy (non-hydrogen) atoms. The summed E-state index contributed by atoms with van der Waals surface area (Å²) in [4.78, 5) is 11.3. The summed E-state index contributed by atoms with van der Waals surface area (Å²) in [6, 6.07) is 8.03. The topological polar surface area (TPSA) is 46.3 Å². The molecular formula is C11H16N2O. The number of amides is 1. The van der Waals surface area contributed by atoms with Crippen LogP contribution in [-0.4, -0.2) is 18.0 Å². The van der Waals surface area contributed by atoms with Gasteiger partial charge in [-0.2, -0.15) is 0 Å². The van der Waals surface area contributed by atoms with Gasteiger partial charge in [-0.3, -0.25) is 9.80 Å². The van der Waals surface area contributed by atoms with Crippen molar-refractivity contribution in [2.75, 3.05) is 7.05 Å². The van der Waals surface area contributed by atoms with Crippen LogP contribution in [0.3, 0.4) is 0 Å². The second kappa shape index (κ2) is 4.77. The van der Waals surface area contributed by atoms with Gasteiger partial charge in [0, 0.05) is 7.05 Å². The normalized spacial score (nSPS) is 9.93. The molecule has 1 aromatic carbocycles. The highest BCUT2D eigenvalue weighted by molar-refractivity contribution is 5.77. The molecule has 0 spiro atoms. The van der Waals surface area contributed by atoms with Crippen molar-refractivity contribution in [1.29, 1.82) is 0 Å². The maximum absolute atomic E-state index is 11.3. The number of benzene rings is 1. The van der Waals surface area contributed by atoms with Crippen LogP contribution in [0.1, 0.15) is 18.1 Å². The first kappa shape index (κ1) is 10.7. The first-order chi connectivity index (χ1) is 6.63. The number of hydrogen-bond acceptors (Lipinski definition) is 2. The molecule has 0 atom stereocenters. The van der Waals surface area contributed by atoms with Gasteiger partial charge in [0.1, 0.15) is 0 Å². The average Bonchev–Trinajstić information content (AvgIpc) is 2.19. The van der Waals surface area contributed by atoms with Crippen LogP contribution in [0, 0.1) is 0 Å². The zero-order valence-electron chi connectivity index (χ0n) is 8.66. The number of carbonyl (C=O) groups excluding carboxylic acids is 1. The number of nitrogens with zero attached hydrogens (tertiary/aromatic N) is 1. The van der Waals surface area contributed by atoms with Gasteiger partial charge in [0.2, 0.25) is 5.91 Å². The third kappa shape index (κ3) is 2.85. The number of hydrazine groups is 1. The summed E-state index contributed by atoms with van der Waals surface area (Å²) in [7, 11) is 1.56. The highest BCUT2D eigenvalue weighted by Gasteiger charge is 2.05. The van der Waals surface area contributed by atoms with Crippen LogP contribution in [0.2, 0.25) is 0 Å². The van der Waals surface area contributed by atoms with Crippen molar-refractivity contribution in [2.24, 2.45) is 5.84 Å². The Bertz CT molecular complexity index is 304. The molecule has 1 amide bonds. The summed E-state index contributed by atoms with van der Waals surface area (Å²) in [5.41, 5.74) is 2.28. The molecule has 1 aromatic rings. The summed E-state index contributed by atoms with van der Waals surface area (Å²) in [5, 5.41) is 1.12. The Balaban J connectivity index is 2.64. The molecule has 3 nitrogen and oxygen atoms in total. The molecule has 0 unspecified atom stereocenters. The van der Waals surface area contributed by atoms with Gasteiger partial charge >= 0.3 is 0 Å². The highest BCUT2D eigenvalue weighted by atomic mass is 16.2. The molecule has 1 rings (SSSR count). The van der Waals surface area contributed by atoms with E-state index in [0.29, 0.717) is 6.42 Å². The minimum atomic E-state index is -0.0748. The summed E-state index contributed by atoms with van der Waals surface area (Å²) in [6.45, 7) is 2.10. The molecule has 0 aromatic heterocycles. The smallest absolute Gasteiger partial charge is 0.240 e. The predicted octanol–water partition coefficient (Wildman–Crippen LogP) is 1.12. The van der Waals surface area contributed by atoms with Crippen LogP contribution < -0.4 is 5.84 Å². The van der Waals surface area contributed by atoms with E-state index in [-0.39, 0.29) is 5.91 Å². The third-order valence-electron chi connectivity index (χ3n) is 2.18. The van der Waals surface area contributed by atoms with E-state index in [1.807, 2.05) is 24.3 Å². The standard InChI is InChI=1S/C11H16N2O/c1-3-9-4-6-10(7-5-9)8-11(14)13(2)12/h4-7H,3,8,12H2,1-2H3. The monoisotopic (exact) mass is 192 g/mol. The minimum absolute atomic E-state index is 0.0748. The lowest BCUT2D eigenvalue weighted by Gasteiger charge is -2.09. The molecule has 76 valence electrons. The lowest BCUT2D eigenvalue weighted by atomic mass is 10.1. The molecule has 3 heteroatoms. The Hall–Kier alpha value is -1.35. The van der Waals surface area contributed by atoms with Crippen LogP contribution in [0.25, 0.3) is 0 Å². The van der Waals surface area contributed by atoms with Gasteiger partial charge in [0.15, 0.2) is 0 Å². The van der Waals surface area contributed by atoms with E-state index in [9.17, 15) is 4.79 Å². The van der Waals surface area contributed by atoms with E-state index in [0.717, 1.165) is 17.0 Å². The molecule has 0 saturated heterocycles. The Kier molecular flexibility index (Phi) is 3.65. The minimum Gasteiger partial charge on any atom is -0.284 e. The van der Waals surface area contributed by atoms with Crippen molar-refractivity contribution in [3.8, 4) is 0 Å². The molecule has 0 saturated carbocycles. The Morgan fingerprint density at radius 2 is 1.79 bits per heavy atom. The van der Waals surface area contributed by atoms with Crippen LogP contribution in [0.5, 0.6) is 0 Å². The van der Waals surface area contributed by atoms with Gasteiger partial charge in [-0.15, -0.1) is 0 Å². The maximum atomic E-state index is 11.3. The van der Waals surface area contributed by atoms with Crippen molar-refractivity contribution in [1.82, 2.24) is 5.01 Å². The first-order valence-electron chi connectivity index (χ1n) is 4.72. The number of likely N-dealkylation sites (N-methyl/N-ethyl adjacent to an activating group) is 1. The Morgan fingerprint density at radius 3 is 2.21 bits per heavy atom. The van der Waals surface area contributed by atoms with Crippen LogP contribution in [-0.2, 0) is 17.6 Å². The van der Waals surface area contributed by atoms with Gasteiger partial charge in [0.05, 0.1) is 6.42 Å². The lowest BCUT2D eigenvalue weighted by molar-refractivity contribution is -0.129. The van der Waals surface area contributed by atoms with Gasteiger partial charge in [-0.1, -0.05) is 31.2 Å². The van der Waals surface area contributed by atoms with Gasteiger partial charge in [-0.25, -0.2) is 5.84 Å². The van der Waals surface area contributed by atoms with Crippen molar-refractivity contribution in [3.05, 3.63) is 35.4 Å². The number of rotatable bonds is 3. The van der Waals surface area contributed by atoms with Crippen molar-refractivity contribution in [3.63, 3.8) is 0 Å².